The number of carbonyl (C=O) groups excluding carboxylic acids is 2. The van der Waals surface area contributed by atoms with Crippen LogP contribution in [0.1, 0.15) is 29.9 Å². The van der Waals surface area contributed by atoms with Gasteiger partial charge in [0.25, 0.3) is 5.91 Å². The van der Waals surface area contributed by atoms with E-state index in [1.54, 1.807) is 15.9 Å². The van der Waals surface area contributed by atoms with Crippen LogP contribution < -0.4 is 4.90 Å². The lowest BCUT2D eigenvalue weighted by Gasteiger charge is -2.32. The smallest absolute Gasteiger partial charge is 0.274 e. The second-order valence-electron chi connectivity index (χ2n) is 6.92. The number of piperazine rings is 1. The zero-order chi connectivity index (χ0) is 19.2. The van der Waals surface area contributed by atoms with Crippen LogP contribution in [0.3, 0.4) is 0 Å². The molecule has 0 spiro atoms. The van der Waals surface area contributed by atoms with Gasteiger partial charge in [-0.1, -0.05) is 30.3 Å². The van der Waals surface area contributed by atoms with Gasteiger partial charge >= 0.3 is 0 Å². The number of anilines is 1. The van der Waals surface area contributed by atoms with Crippen LogP contribution in [0.2, 0.25) is 0 Å². The average molecular weight is 367 g/mol. The molecule has 1 aromatic carbocycles. The summed E-state index contributed by atoms with van der Waals surface area (Å²) >= 11 is 0. The van der Waals surface area contributed by atoms with Crippen LogP contribution in [0.4, 0.5) is 5.82 Å². The molecule has 7 heteroatoms. The van der Waals surface area contributed by atoms with Crippen molar-refractivity contribution in [3.63, 3.8) is 0 Å². The maximum absolute atomic E-state index is 12.6. The fourth-order valence-electron chi connectivity index (χ4n) is 3.09. The largest absolute Gasteiger partial charge is 0.348 e. The third kappa shape index (κ3) is 4.61. The summed E-state index contributed by atoms with van der Waals surface area (Å²) in [6.07, 6.45) is 0.823. The van der Waals surface area contributed by atoms with E-state index in [1.165, 1.54) is 5.56 Å². The Morgan fingerprint density at radius 1 is 1.07 bits per heavy atom. The Morgan fingerprint density at radius 2 is 1.78 bits per heavy atom. The van der Waals surface area contributed by atoms with Crippen molar-refractivity contribution in [2.45, 2.75) is 26.4 Å². The van der Waals surface area contributed by atoms with Gasteiger partial charge in [0.05, 0.1) is 0 Å². The van der Waals surface area contributed by atoms with E-state index in [0.29, 0.717) is 31.9 Å². The van der Waals surface area contributed by atoms with Gasteiger partial charge in [0.2, 0.25) is 6.41 Å². The van der Waals surface area contributed by atoms with Crippen molar-refractivity contribution in [2.24, 2.45) is 0 Å². The van der Waals surface area contributed by atoms with E-state index in [4.69, 9.17) is 0 Å². The third-order valence-corrected chi connectivity index (χ3v) is 4.73. The van der Waals surface area contributed by atoms with Crippen molar-refractivity contribution in [2.75, 3.05) is 31.1 Å². The van der Waals surface area contributed by atoms with Crippen LogP contribution in [0.15, 0.2) is 42.5 Å². The Bertz CT molecular complexity index is 756. The van der Waals surface area contributed by atoms with Crippen molar-refractivity contribution in [3.05, 3.63) is 53.7 Å². The first kappa shape index (κ1) is 18.8. The summed E-state index contributed by atoms with van der Waals surface area (Å²) in [7, 11) is 0. The van der Waals surface area contributed by atoms with Gasteiger partial charge in [-0.05, 0) is 31.5 Å². The molecule has 1 saturated heterocycles. The summed E-state index contributed by atoms with van der Waals surface area (Å²) in [5.41, 5.74) is 1.53. The second kappa shape index (κ2) is 8.62. The first-order valence-corrected chi connectivity index (χ1v) is 9.21. The number of hydrogen-bond acceptors (Lipinski definition) is 5. The Labute approximate surface area is 159 Å². The molecule has 2 heterocycles. The minimum Gasteiger partial charge on any atom is -0.348 e. The van der Waals surface area contributed by atoms with Crippen LogP contribution in [0, 0.1) is 0 Å². The molecular formula is C20H25N5O2. The van der Waals surface area contributed by atoms with E-state index >= 15 is 0 Å². The van der Waals surface area contributed by atoms with Crippen LogP contribution >= 0.6 is 0 Å². The van der Waals surface area contributed by atoms with Crippen molar-refractivity contribution in [1.29, 1.82) is 0 Å². The molecule has 0 unspecified atom stereocenters. The Morgan fingerprint density at radius 3 is 2.33 bits per heavy atom. The summed E-state index contributed by atoms with van der Waals surface area (Å²) in [5, 5.41) is 8.48. The van der Waals surface area contributed by atoms with Gasteiger partial charge in [-0.2, -0.15) is 0 Å². The molecule has 2 aromatic rings. The van der Waals surface area contributed by atoms with Crippen LogP contribution in [0.25, 0.3) is 0 Å². The zero-order valence-electron chi connectivity index (χ0n) is 15.8. The molecule has 1 aliphatic rings. The third-order valence-electron chi connectivity index (χ3n) is 4.73. The predicted molar refractivity (Wildman–Crippen MR) is 103 cm³/mol. The SMILES string of the molecule is CC(C)N(Cc1ccccc1)c1ccc(C(=O)N2CCN(C=O)CC2)nn1. The number of benzene rings is 1. The topological polar surface area (TPSA) is 69.6 Å². The highest BCUT2D eigenvalue weighted by molar-refractivity contribution is 5.92. The van der Waals surface area contributed by atoms with Crippen molar-refractivity contribution < 1.29 is 9.59 Å². The Kier molecular flexibility index (Phi) is 6.01. The van der Waals surface area contributed by atoms with Crippen molar-refractivity contribution in [1.82, 2.24) is 20.0 Å². The van der Waals surface area contributed by atoms with Crippen LogP contribution in [-0.2, 0) is 11.3 Å². The highest BCUT2D eigenvalue weighted by atomic mass is 16.2. The number of aromatic nitrogens is 2. The summed E-state index contributed by atoms with van der Waals surface area (Å²) in [5.74, 6) is 0.606. The van der Waals surface area contributed by atoms with E-state index in [9.17, 15) is 9.59 Å². The number of amides is 2. The van der Waals surface area contributed by atoms with Gasteiger partial charge in [-0.3, -0.25) is 9.59 Å². The van der Waals surface area contributed by atoms with Gasteiger partial charge < -0.3 is 14.7 Å². The fraction of sp³-hybridized carbons (Fsp3) is 0.400. The van der Waals surface area contributed by atoms with Gasteiger partial charge in [-0.15, -0.1) is 10.2 Å². The average Bonchev–Trinajstić information content (AvgIpc) is 2.72. The van der Waals surface area contributed by atoms with Gasteiger partial charge in [0.15, 0.2) is 11.5 Å². The van der Waals surface area contributed by atoms with Gasteiger partial charge in [0.1, 0.15) is 0 Å². The lowest BCUT2D eigenvalue weighted by atomic mass is 10.2. The monoisotopic (exact) mass is 367 g/mol. The predicted octanol–water partition coefficient (Wildman–Crippen LogP) is 1.81. The summed E-state index contributed by atoms with van der Waals surface area (Å²) in [4.78, 5) is 28.9. The summed E-state index contributed by atoms with van der Waals surface area (Å²) in [6, 6.07) is 14.0. The number of rotatable bonds is 6. The first-order valence-electron chi connectivity index (χ1n) is 9.21. The Balaban J connectivity index is 1.69. The summed E-state index contributed by atoms with van der Waals surface area (Å²) < 4.78 is 0. The molecule has 0 saturated carbocycles. The fourth-order valence-corrected chi connectivity index (χ4v) is 3.09. The maximum atomic E-state index is 12.6. The quantitative estimate of drug-likeness (QED) is 0.728. The molecule has 1 aromatic heterocycles. The molecule has 7 nitrogen and oxygen atoms in total. The standard InChI is InChI=1S/C20H25N5O2/c1-16(2)25(14-17-6-4-3-5-7-17)19-9-8-18(21-22-19)20(27)24-12-10-23(15-26)11-13-24/h3-9,15-16H,10-14H2,1-2H3. The molecular weight excluding hydrogens is 342 g/mol. The maximum Gasteiger partial charge on any atom is 0.274 e. The molecule has 142 valence electrons. The lowest BCUT2D eigenvalue weighted by Crippen LogP contribution is -2.48. The van der Waals surface area contributed by atoms with E-state index in [1.807, 2.05) is 24.3 Å². The Hall–Kier alpha value is -2.96. The van der Waals surface area contributed by atoms with E-state index in [2.05, 4.69) is 41.1 Å². The highest BCUT2D eigenvalue weighted by Gasteiger charge is 2.23. The zero-order valence-corrected chi connectivity index (χ0v) is 15.8. The highest BCUT2D eigenvalue weighted by Crippen LogP contribution is 2.18. The van der Waals surface area contributed by atoms with Gasteiger partial charge in [0, 0.05) is 38.8 Å². The first-order chi connectivity index (χ1) is 13.1. The molecule has 0 radical (unpaired) electrons. The van der Waals surface area contributed by atoms with Crippen molar-refractivity contribution in [3.8, 4) is 0 Å². The normalized spacial score (nSPS) is 14.3. The minimum atomic E-state index is -0.140. The van der Waals surface area contributed by atoms with Crippen LogP contribution in [-0.4, -0.2) is 64.5 Å². The molecule has 27 heavy (non-hydrogen) atoms. The van der Waals surface area contributed by atoms with E-state index < -0.39 is 0 Å². The summed E-state index contributed by atoms with van der Waals surface area (Å²) in [6.45, 7) is 7.10. The molecule has 1 fully saturated rings. The van der Waals surface area contributed by atoms with Crippen LogP contribution in [0.5, 0.6) is 0 Å². The van der Waals surface area contributed by atoms with Gasteiger partial charge in [-0.25, -0.2) is 0 Å². The number of carbonyl (C=O) groups is 2. The van der Waals surface area contributed by atoms with Crippen molar-refractivity contribution >= 4 is 18.1 Å². The molecule has 2 amide bonds. The number of nitrogens with zero attached hydrogens (tertiary/aromatic N) is 5. The molecule has 3 rings (SSSR count). The second-order valence-corrected chi connectivity index (χ2v) is 6.92. The molecule has 0 bridgehead atoms. The number of hydrogen-bond donors (Lipinski definition) is 0. The molecule has 0 atom stereocenters. The molecule has 0 N–H and O–H groups in total. The minimum absolute atomic E-state index is 0.140. The lowest BCUT2D eigenvalue weighted by molar-refractivity contribution is -0.119. The molecule has 0 aliphatic carbocycles. The van der Waals surface area contributed by atoms with E-state index in [-0.39, 0.29) is 11.9 Å². The van der Waals surface area contributed by atoms with E-state index in [0.717, 1.165) is 18.8 Å². The molecule has 1 aliphatic heterocycles.